The summed E-state index contributed by atoms with van der Waals surface area (Å²) in [6, 6.07) is 8.25. The Labute approximate surface area is 161 Å². The Morgan fingerprint density at radius 3 is 2.44 bits per heavy atom. The highest BCUT2D eigenvalue weighted by Gasteiger charge is 2.38. The van der Waals surface area contributed by atoms with E-state index in [0.717, 1.165) is 25.3 Å². The summed E-state index contributed by atoms with van der Waals surface area (Å²) in [5.41, 5.74) is 1.19. The fourth-order valence-corrected chi connectivity index (χ4v) is 3.75. The predicted molar refractivity (Wildman–Crippen MR) is 104 cm³/mol. The van der Waals surface area contributed by atoms with E-state index in [9.17, 15) is 9.59 Å². The van der Waals surface area contributed by atoms with Crippen LogP contribution in [0.3, 0.4) is 0 Å². The second kappa shape index (κ2) is 9.22. The molecule has 1 aliphatic carbocycles. The van der Waals surface area contributed by atoms with Crippen molar-refractivity contribution in [1.29, 1.82) is 0 Å². The number of methoxy groups -OCH3 is 1. The number of nitrogens with zero attached hydrogens (tertiary/aromatic N) is 1. The molecule has 3 atom stereocenters. The highest BCUT2D eigenvalue weighted by atomic mass is 16.5. The van der Waals surface area contributed by atoms with Crippen molar-refractivity contribution in [3.8, 4) is 5.75 Å². The highest BCUT2D eigenvalue weighted by Crippen LogP contribution is 2.37. The lowest BCUT2D eigenvalue weighted by molar-refractivity contribution is -0.123. The Kier molecular flexibility index (Phi) is 6.72. The number of likely N-dealkylation sites (tertiary alicyclic amines) is 1. The molecule has 0 bridgehead atoms. The van der Waals surface area contributed by atoms with E-state index in [2.05, 4.69) is 34.6 Å². The second-order valence-corrected chi connectivity index (χ2v) is 7.70. The largest absolute Gasteiger partial charge is 0.497 e. The third-order valence-electron chi connectivity index (χ3n) is 5.67. The van der Waals surface area contributed by atoms with Gasteiger partial charge >= 0.3 is 0 Å². The molecule has 1 aromatic carbocycles. The SMILES string of the molecule is COc1ccc(C(CNC(=O)CCNC(=O)C2CC2C)N2CCCC2)cc1. The van der Waals surface area contributed by atoms with E-state index < -0.39 is 0 Å². The average molecular weight is 373 g/mol. The van der Waals surface area contributed by atoms with Gasteiger partial charge in [0.1, 0.15) is 5.75 Å². The van der Waals surface area contributed by atoms with Crippen molar-refractivity contribution >= 4 is 11.8 Å². The van der Waals surface area contributed by atoms with E-state index in [1.807, 2.05) is 12.1 Å². The van der Waals surface area contributed by atoms with Crippen molar-refractivity contribution in [3.05, 3.63) is 29.8 Å². The minimum atomic E-state index is -0.0168. The molecule has 1 saturated carbocycles. The van der Waals surface area contributed by atoms with Crippen LogP contribution in [-0.4, -0.2) is 50.0 Å². The molecule has 1 aromatic rings. The van der Waals surface area contributed by atoms with Crippen LogP contribution in [-0.2, 0) is 9.59 Å². The van der Waals surface area contributed by atoms with Crippen LogP contribution in [0.4, 0.5) is 0 Å². The van der Waals surface area contributed by atoms with Crippen molar-refractivity contribution in [2.45, 2.75) is 38.6 Å². The first kappa shape index (κ1) is 19.7. The number of benzene rings is 1. The first-order valence-electron chi connectivity index (χ1n) is 10.0. The van der Waals surface area contributed by atoms with Gasteiger partial charge < -0.3 is 15.4 Å². The molecule has 1 saturated heterocycles. The van der Waals surface area contributed by atoms with Crippen molar-refractivity contribution in [1.82, 2.24) is 15.5 Å². The minimum Gasteiger partial charge on any atom is -0.497 e. The van der Waals surface area contributed by atoms with Gasteiger partial charge in [-0.1, -0.05) is 19.1 Å². The van der Waals surface area contributed by atoms with Crippen molar-refractivity contribution in [2.75, 3.05) is 33.3 Å². The lowest BCUT2D eigenvalue weighted by Crippen LogP contribution is -2.38. The molecular formula is C21H31N3O3. The predicted octanol–water partition coefficient (Wildman–Crippen LogP) is 2.11. The van der Waals surface area contributed by atoms with Gasteiger partial charge in [-0.05, 0) is 56.0 Å². The molecule has 2 aliphatic rings. The Hall–Kier alpha value is -2.08. The minimum absolute atomic E-state index is 0.0168. The molecule has 148 valence electrons. The van der Waals surface area contributed by atoms with Crippen LogP contribution in [0.2, 0.25) is 0 Å². The molecule has 0 aromatic heterocycles. The fourth-order valence-electron chi connectivity index (χ4n) is 3.75. The highest BCUT2D eigenvalue weighted by molar-refractivity contribution is 5.82. The summed E-state index contributed by atoms with van der Waals surface area (Å²) in [7, 11) is 1.66. The molecule has 0 spiro atoms. The molecule has 1 aliphatic heterocycles. The van der Waals surface area contributed by atoms with Crippen LogP contribution in [0.5, 0.6) is 5.75 Å². The summed E-state index contributed by atoms with van der Waals surface area (Å²) in [6.07, 6.45) is 3.69. The zero-order valence-electron chi connectivity index (χ0n) is 16.4. The van der Waals surface area contributed by atoms with Crippen LogP contribution < -0.4 is 15.4 Å². The molecular weight excluding hydrogens is 342 g/mol. The second-order valence-electron chi connectivity index (χ2n) is 7.70. The topological polar surface area (TPSA) is 70.7 Å². The van der Waals surface area contributed by atoms with Crippen molar-refractivity contribution < 1.29 is 14.3 Å². The number of rotatable bonds is 9. The lowest BCUT2D eigenvalue weighted by Gasteiger charge is -2.28. The summed E-state index contributed by atoms with van der Waals surface area (Å²) >= 11 is 0. The molecule has 2 fully saturated rings. The maximum Gasteiger partial charge on any atom is 0.223 e. The van der Waals surface area contributed by atoms with Gasteiger partial charge in [0.05, 0.1) is 13.2 Å². The smallest absolute Gasteiger partial charge is 0.223 e. The van der Waals surface area contributed by atoms with Gasteiger partial charge in [-0.25, -0.2) is 0 Å². The van der Waals surface area contributed by atoms with Crippen molar-refractivity contribution in [2.24, 2.45) is 11.8 Å². The van der Waals surface area contributed by atoms with Gasteiger partial charge in [0, 0.05) is 25.4 Å². The van der Waals surface area contributed by atoms with Crippen LogP contribution in [0.15, 0.2) is 24.3 Å². The molecule has 3 unspecified atom stereocenters. The third kappa shape index (κ3) is 5.45. The van der Waals surface area contributed by atoms with E-state index in [1.165, 1.54) is 18.4 Å². The Balaban J connectivity index is 1.48. The molecule has 1 heterocycles. The average Bonchev–Trinajstić information content (AvgIpc) is 3.17. The van der Waals surface area contributed by atoms with Crippen LogP contribution in [0.25, 0.3) is 0 Å². The van der Waals surface area contributed by atoms with Crippen molar-refractivity contribution in [3.63, 3.8) is 0 Å². The van der Waals surface area contributed by atoms with Crippen LogP contribution >= 0.6 is 0 Å². The van der Waals surface area contributed by atoms with Gasteiger partial charge in [-0.3, -0.25) is 14.5 Å². The maximum atomic E-state index is 12.2. The molecule has 3 rings (SSSR count). The third-order valence-corrected chi connectivity index (χ3v) is 5.67. The molecule has 2 amide bonds. The Morgan fingerprint density at radius 1 is 1.19 bits per heavy atom. The zero-order valence-corrected chi connectivity index (χ0v) is 16.4. The van der Waals surface area contributed by atoms with Gasteiger partial charge in [-0.15, -0.1) is 0 Å². The summed E-state index contributed by atoms with van der Waals surface area (Å²) in [5, 5.41) is 5.92. The van der Waals surface area contributed by atoms with Gasteiger partial charge in [-0.2, -0.15) is 0 Å². The zero-order chi connectivity index (χ0) is 19.2. The number of hydrogen-bond acceptors (Lipinski definition) is 4. The van der Waals surface area contributed by atoms with Crippen LogP contribution in [0.1, 0.15) is 44.2 Å². The first-order valence-corrected chi connectivity index (χ1v) is 10.0. The summed E-state index contributed by atoms with van der Waals surface area (Å²) in [6.45, 7) is 5.18. The number of amides is 2. The Bertz CT molecular complexity index is 641. The van der Waals surface area contributed by atoms with E-state index >= 15 is 0 Å². The summed E-state index contributed by atoms with van der Waals surface area (Å²) < 4.78 is 5.25. The lowest BCUT2D eigenvalue weighted by atomic mass is 10.1. The van der Waals surface area contributed by atoms with Crippen LogP contribution in [0, 0.1) is 11.8 Å². The number of carbonyl (C=O) groups is 2. The number of ether oxygens (including phenoxy) is 1. The monoisotopic (exact) mass is 373 g/mol. The van der Waals surface area contributed by atoms with E-state index in [0.29, 0.717) is 25.4 Å². The number of carbonyl (C=O) groups excluding carboxylic acids is 2. The molecule has 0 radical (unpaired) electrons. The van der Waals surface area contributed by atoms with E-state index in [-0.39, 0.29) is 23.8 Å². The van der Waals surface area contributed by atoms with E-state index in [4.69, 9.17) is 4.74 Å². The normalized spacial score (nSPS) is 22.9. The maximum absolute atomic E-state index is 12.2. The van der Waals surface area contributed by atoms with Gasteiger partial charge in [0.15, 0.2) is 0 Å². The summed E-state index contributed by atoms with van der Waals surface area (Å²) in [5.74, 6) is 1.55. The van der Waals surface area contributed by atoms with Gasteiger partial charge in [0.25, 0.3) is 0 Å². The Morgan fingerprint density at radius 2 is 1.85 bits per heavy atom. The number of hydrogen-bond donors (Lipinski definition) is 2. The standard InChI is InChI=1S/C21H31N3O3/c1-15-13-18(15)21(26)22-10-9-20(25)23-14-19(24-11-3-4-12-24)16-5-7-17(27-2)8-6-16/h5-8,15,18-19H,3-4,9-14H2,1-2H3,(H,22,26)(H,23,25). The molecule has 6 nitrogen and oxygen atoms in total. The van der Waals surface area contributed by atoms with E-state index in [1.54, 1.807) is 7.11 Å². The summed E-state index contributed by atoms with van der Waals surface area (Å²) in [4.78, 5) is 26.5. The quantitative estimate of drug-likeness (QED) is 0.696. The molecule has 27 heavy (non-hydrogen) atoms. The molecule has 6 heteroatoms. The fraction of sp³-hybridized carbons (Fsp3) is 0.619. The number of nitrogens with one attached hydrogen (secondary N) is 2. The van der Waals surface area contributed by atoms with Gasteiger partial charge in [0.2, 0.25) is 11.8 Å². The molecule has 2 N–H and O–H groups in total. The first-order chi connectivity index (χ1) is 13.1.